The van der Waals surface area contributed by atoms with Crippen molar-refractivity contribution < 1.29 is 14.3 Å². The van der Waals surface area contributed by atoms with Crippen LogP contribution in [0.2, 0.25) is 0 Å². The summed E-state index contributed by atoms with van der Waals surface area (Å²) < 4.78 is 13.4. The fourth-order valence-corrected chi connectivity index (χ4v) is 3.84. The molecule has 0 amide bonds. The van der Waals surface area contributed by atoms with E-state index in [1.807, 2.05) is 91.9 Å². The van der Waals surface area contributed by atoms with E-state index in [0.717, 1.165) is 16.9 Å². The summed E-state index contributed by atoms with van der Waals surface area (Å²) in [5.41, 5.74) is 2.90. The number of aromatic nitrogens is 3. The Bertz CT molecular complexity index is 1300. The molecule has 1 unspecified atom stereocenters. The Morgan fingerprint density at radius 2 is 1.70 bits per heavy atom. The summed E-state index contributed by atoms with van der Waals surface area (Å²) in [6, 6.07) is 26.3. The molecule has 0 aliphatic carbocycles. The molecule has 0 fully saturated rings. The van der Waals surface area contributed by atoms with Gasteiger partial charge in [-0.1, -0.05) is 60.7 Å². The van der Waals surface area contributed by atoms with Gasteiger partial charge in [0.1, 0.15) is 30.5 Å². The molecule has 2 heterocycles. The van der Waals surface area contributed by atoms with Gasteiger partial charge < -0.3 is 14.8 Å². The van der Waals surface area contributed by atoms with E-state index < -0.39 is 12.0 Å². The molecule has 1 N–H and O–H groups in total. The highest BCUT2D eigenvalue weighted by atomic mass is 16.5. The first-order valence-electron chi connectivity index (χ1n) is 10.6. The number of allylic oxidation sites excluding steroid dienone is 1. The highest BCUT2D eigenvalue weighted by Gasteiger charge is 2.34. The predicted molar refractivity (Wildman–Crippen MR) is 124 cm³/mol. The number of nitrogens with one attached hydrogen (secondary N) is 1. The summed E-state index contributed by atoms with van der Waals surface area (Å²) in [6.45, 7) is 2.03. The third-order valence-electron chi connectivity index (χ3n) is 5.38. The summed E-state index contributed by atoms with van der Waals surface area (Å²) in [4.78, 5) is 17.5. The van der Waals surface area contributed by atoms with Gasteiger partial charge in [0.15, 0.2) is 0 Å². The first-order valence-corrected chi connectivity index (χ1v) is 10.6. The molecule has 7 heteroatoms. The van der Waals surface area contributed by atoms with Crippen molar-refractivity contribution in [2.24, 2.45) is 0 Å². The molecule has 5 rings (SSSR count). The standard InChI is InChI=1S/C26H22N4O3/c1-18-23(25(31)32-16-19-9-4-2-5-10-19)24(30-26(29-18)27-17-28-30)20-11-8-14-22(15-20)33-21-12-6-3-7-13-21/h2-15,17,24H,16H2,1H3,(H,27,28,29). The number of nitrogens with zero attached hydrogens (tertiary/aromatic N) is 3. The van der Waals surface area contributed by atoms with Crippen molar-refractivity contribution >= 4 is 11.9 Å². The highest BCUT2D eigenvalue weighted by Crippen LogP contribution is 2.37. The van der Waals surface area contributed by atoms with Gasteiger partial charge >= 0.3 is 5.97 Å². The van der Waals surface area contributed by atoms with Crippen molar-refractivity contribution in [2.45, 2.75) is 19.6 Å². The van der Waals surface area contributed by atoms with Gasteiger partial charge in [-0.15, -0.1) is 0 Å². The molecule has 0 saturated carbocycles. The monoisotopic (exact) mass is 438 g/mol. The smallest absolute Gasteiger partial charge is 0.338 e. The number of anilines is 1. The Labute approximate surface area is 191 Å². The number of rotatable bonds is 6. The van der Waals surface area contributed by atoms with Gasteiger partial charge in [-0.05, 0) is 42.3 Å². The highest BCUT2D eigenvalue weighted by molar-refractivity contribution is 5.92. The number of carbonyl (C=O) groups excluding carboxylic acids is 1. The second kappa shape index (κ2) is 9.00. The zero-order chi connectivity index (χ0) is 22.6. The van der Waals surface area contributed by atoms with E-state index in [9.17, 15) is 4.79 Å². The summed E-state index contributed by atoms with van der Waals surface area (Å²) >= 11 is 0. The zero-order valence-corrected chi connectivity index (χ0v) is 18.0. The molecule has 7 nitrogen and oxygen atoms in total. The zero-order valence-electron chi connectivity index (χ0n) is 18.0. The van der Waals surface area contributed by atoms with Gasteiger partial charge in [0.25, 0.3) is 0 Å². The second-order valence-electron chi connectivity index (χ2n) is 7.64. The lowest BCUT2D eigenvalue weighted by molar-refractivity contribution is -0.140. The topological polar surface area (TPSA) is 78.3 Å². The molecular weight excluding hydrogens is 416 g/mol. The second-order valence-corrected chi connectivity index (χ2v) is 7.64. The van der Waals surface area contributed by atoms with Crippen molar-refractivity contribution in [1.82, 2.24) is 14.8 Å². The Morgan fingerprint density at radius 1 is 0.970 bits per heavy atom. The van der Waals surface area contributed by atoms with E-state index in [-0.39, 0.29) is 6.61 Å². The molecule has 1 aliphatic rings. The molecule has 1 aromatic heterocycles. The van der Waals surface area contributed by atoms with Crippen LogP contribution in [0.4, 0.5) is 5.95 Å². The third-order valence-corrected chi connectivity index (χ3v) is 5.38. The van der Waals surface area contributed by atoms with Crippen LogP contribution in [0.5, 0.6) is 11.5 Å². The molecule has 0 radical (unpaired) electrons. The van der Waals surface area contributed by atoms with Crippen molar-refractivity contribution in [1.29, 1.82) is 0 Å². The van der Waals surface area contributed by atoms with Crippen LogP contribution in [0, 0.1) is 0 Å². The lowest BCUT2D eigenvalue weighted by atomic mass is 9.95. The Hall–Kier alpha value is -4.39. The van der Waals surface area contributed by atoms with Crippen LogP contribution in [0.1, 0.15) is 24.1 Å². The van der Waals surface area contributed by atoms with Crippen LogP contribution in [0.25, 0.3) is 0 Å². The Balaban J connectivity index is 1.47. The lowest BCUT2D eigenvalue weighted by Crippen LogP contribution is -2.29. The first-order chi connectivity index (χ1) is 16.2. The maximum atomic E-state index is 13.3. The maximum Gasteiger partial charge on any atom is 0.338 e. The van der Waals surface area contributed by atoms with Crippen LogP contribution >= 0.6 is 0 Å². The average Bonchev–Trinajstić information content (AvgIpc) is 3.31. The number of hydrogen-bond donors (Lipinski definition) is 1. The van der Waals surface area contributed by atoms with Crippen LogP contribution < -0.4 is 10.1 Å². The van der Waals surface area contributed by atoms with Gasteiger partial charge in [-0.25, -0.2) is 9.48 Å². The number of benzene rings is 3. The first kappa shape index (κ1) is 20.5. The van der Waals surface area contributed by atoms with Crippen LogP contribution in [-0.2, 0) is 16.1 Å². The minimum atomic E-state index is -0.508. The van der Waals surface area contributed by atoms with Gasteiger partial charge in [0.05, 0.1) is 5.57 Å². The van der Waals surface area contributed by atoms with Gasteiger partial charge in [0.2, 0.25) is 5.95 Å². The van der Waals surface area contributed by atoms with Crippen molar-refractivity contribution in [2.75, 3.05) is 5.32 Å². The largest absolute Gasteiger partial charge is 0.457 e. The molecular formula is C26H22N4O3. The molecule has 1 atom stereocenters. The van der Waals surface area contributed by atoms with Crippen molar-refractivity contribution in [3.05, 3.63) is 114 Å². The van der Waals surface area contributed by atoms with Gasteiger partial charge in [-0.3, -0.25) is 0 Å². The molecule has 0 saturated heterocycles. The Morgan fingerprint density at radius 3 is 2.48 bits per heavy atom. The summed E-state index contributed by atoms with van der Waals surface area (Å²) in [6.07, 6.45) is 1.46. The van der Waals surface area contributed by atoms with Gasteiger partial charge in [0, 0.05) is 5.70 Å². The number of ether oxygens (including phenoxy) is 2. The number of para-hydroxylation sites is 1. The van der Waals surface area contributed by atoms with Crippen LogP contribution in [0.15, 0.2) is 103 Å². The molecule has 33 heavy (non-hydrogen) atoms. The number of fused-ring (bicyclic) bond motifs is 1. The minimum Gasteiger partial charge on any atom is -0.457 e. The predicted octanol–water partition coefficient (Wildman–Crippen LogP) is 5.10. The quantitative estimate of drug-likeness (QED) is 0.422. The lowest BCUT2D eigenvalue weighted by Gasteiger charge is -2.28. The van der Waals surface area contributed by atoms with Crippen LogP contribution in [0.3, 0.4) is 0 Å². The van der Waals surface area contributed by atoms with E-state index in [1.54, 1.807) is 4.68 Å². The van der Waals surface area contributed by atoms with E-state index in [2.05, 4.69) is 15.4 Å². The number of carbonyl (C=O) groups is 1. The Kier molecular flexibility index (Phi) is 5.59. The summed E-state index contributed by atoms with van der Waals surface area (Å²) in [5, 5.41) is 7.53. The van der Waals surface area contributed by atoms with E-state index in [4.69, 9.17) is 9.47 Å². The maximum absolute atomic E-state index is 13.3. The number of esters is 1. The van der Waals surface area contributed by atoms with Crippen molar-refractivity contribution in [3.8, 4) is 11.5 Å². The number of hydrogen-bond acceptors (Lipinski definition) is 6. The summed E-state index contributed by atoms with van der Waals surface area (Å²) in [7, 11) is 0. The SMILES string of the molecule is CC1=C(C(=O)OCc2ccccc2)C(c2cccc(Oc3ccccc3)c2)n2ncnc2N1. The van der Waals surface area contributed by atoms with E-state index >= 15 is 0 Å². The molecule has 1 aliphatic heterocycles. The summed E-state index contributed by atoms with van der Waals surface area (Å²) in [5.74, 6) is 1.54. The molecule has 0 spiro atoms. The normalized spacial score (nSPS) is 14.9. The van der Waals surface area contributed by atoms with Gasteiger partial charge in [-0.2, -0.15) is 10.1 Å². The van der Waals surface area contributed by atoms with E-state index in [0.29, 0.717) is 23.0 Å². The van der Waals surface area contributed by atoms with Crippen molar-refractivity contribution in [3.63, 3.8) is 0 Å². The fraction of sp³-hybridized carbons (Fsp3) is 0.115. The fourth-order valence-electron chi connectivity index (χ4n) is 3.84. The molecule has 4 aromatic rings. The van der Waals surface area contributed by atoms with E-state index in [1.165, 1.54) is 6.33 Å². The molecule has 3 aromatic carbocycles. The van der Waals surface area contributed by atoms with Crippen LogP contribution in [-0.4, -0.2) is 20.7 Å². The third kappa shape index (κ3) is 4.34. The molecule has 0 bridgehead atoms. The average molecular weight is 438 g/mol. The molecule has 164 valence electrons. The minimum absolute atomic E-state index is 0.185.